The fourth-order valence-corrected chi connectivity index (χ4v) is 1.92. The van der Waals surface area contributed by atoms with Crippen molar-refractivity contribution in [2.24, 2.45) is 5.73 Å². The second kappa shape index (κ2) is 6.54. The Bertz CT molecular complexity index is 493. The molecule has 2 N–H and O–H groups in total. The fraction of sp³-hybridized carbons (Fsp3) is 0.429. The van der Waals surface area contributed by atoms with Gasteiger partial charge in [0.25, 0.3) is 0 Å². The van der Waals surface area contributed by atoms with E-state index in [2.05, 4.69) is 0 Å². The number of furan rings is 1. The maximum Gasteiger partial charge on any atom is 0.135 e. The summed E-state index contributed by atoms with van der Waals surface area (Å²) in [5, 5.41) is 1.07. The molecule has 2 rings (SSSR count). The van der Waals surface area contributed by atoms with Gasteiger partial charge in [-0.25, -0.2) is 0 Å². The smallest absolute Gasteiger partial charge is 0.135 e. The highest BCUT2D eigenvalue weighted by Crippen LogP contribution is 2.25. The van der Waals surface area contributed by atoms with Crippen LogP contribution in [-0.4, -0.2) is 19.8 Å². The van der Waals surface area contributed by atoms with Crippen LogP contribution in [0.4, 0.5) is 0 Å². The van der Waals surface area contributed by atoms with Crippen molar-refractivity contribution in [3.05, 3.63) is 35.6 Å². The summed E-state index contributed by atoms with van der Waals surface area (Å²) >= 11 is 0. The Kier molecular flexibility index (Phi) is 4.75. The average Bonchev–Trinajstić information content (AvgIpc) is 2.76. The topological polar surface area (TPSA) is 57.6 Å². The zero-order valence-corrected chi connectivity index (χ0v) is 10.6. The third-order valence-electron chi connectivity index (χ3n) is 2.80. The van der Waals surface area contributed by atoms with Gasteiger partial charge < -0.3 is 19.6 Å². The van der Waals surface area contributed by atoms with E-state index in [-0.39, 0.29) is 0 Å². The Morgan fingerprint density at radius 3 is 2.72 bits per heavy atom. The lowest BCUT2D eigenvalue weighted by Crippen LogP contribution is -2.05. The van der Waals surface area contributed by atoms with Gasteiger partial charge in [-0.05, 0) is 13.0 Å². The van der Waals surface area contributed by atoms with Gasteiger partial charge in [0.2, 0.25) is 0 Å². The quantitative estimate of drug-likeness (QED) is 0.766. The number of hydrogen-bond donors (Lipinski definition) is 1. The van der Waals surface area contributed by atoms with Gasteiger partial charge in [-0.15, -0.1) is 0 Å². The van der Waals surface area contributed by atoms with Crippen molar-refractivity contribution in [2.75, 3.05) is 19.8 Å². The summed E-state index contributed by atoms with van der Waals surface area (Å²) in [6.07, 6.45) is 0. The van der Waals surface area contributed by atoms with Crippen LogP contribution in [0.25, 0.3) is 11.0 Å². The summed E-state index contributed by atoms with van der Waals surface area (Å²) in [6.45, 7) is 4.74. The SMILES string of the molecule is CCOCCOCc1oc2ccccc2c1CN. The molecule has 0 spiro atoms. The summed E-state index contributed by atoms with van der Waals surface area (Å²) in [5.41, 5.74) is 7.66. The van der Waals surface area contributed by atoms with Crippen LogP contribution in [0.2, 0.25) is 0 Å². The van der Waals surface area contributed by atoms with Gasteiger partial charge in [-0.1, -0.05) is 18.2 Å². The lowest BCUT2D eigenvalue weighted by atomic mass is 10.1. The molecule has 0 amide bonds. The minimum atomic E-state index is 0.439. The van der Waals surface area contributed by atoms with Crippen molar-refractivity contribution in [1.82, 2.24) is 0 Å². The highest BCUT2D eigenvalue weighted by Gasteiger charge is 2.12. The van der Waals surface area contributed by atoms with Crippen LogP contribution in [0.1, 0.15) is 18.2 Å². The van der Waals surface area contributed by atoms with Crippen LogP contribution in [0, 0.1) is 0 Å². The average molecular weight is 249 g/mol. The van der Waals surface area contributed by atoms with Gasteiger partial charge in [0, 0.05) is 24.1 Å². The molecule has 0 saturated carbocycles. The van der Waals surface area contributed by atoms with Gasteiger partial charge in [-0.2, -0.15) is 0 Å². The van der Waals surface area contributed by atoms with Crippen molar-refractivity contribution in [3.8, 4) is 0 Å². The van der Waals surface area contributed by atoms with E-state index in [1.807, 2.05) is 31.2 Å². The first-order chi connectivity index (χ1) is 8.86. The molecule has 98 valence electrons. The Labute approximate surface area is 107 Å². The third-order valence-corrected chi connectivity index (χ3v) is 2.80. The van der Waals surface area contributed by atoms with E-state index in [9.17, 15) is 0 Å². The van der Waals surface area contributed by atoms with E-state index in [4.69, 9.17) is 19.6 Å². The van der Waals surface area contributed by atoms with Gasteiger partial charge in [0.05, 0.1) is 13.2 Å². The van der Waals surface area contributed by atoms with Crippen LogP contribution in [0.15, 0.2) is 28.7 Å². The number of rotatable bonds is 7. The third kappa shape index (κ3) is 2.90. The fourth-order valence-electron chi connectivity index (χ4n) is 1.92. The molecule has 0 aliphatic heterocycles. The molecule has 0 radical (unpaired) electrons. The predicted molar refractivity (Wildman–Crippen MR) is 70.3 cm³/mol. The summed E-state index contributed by atoms with van der Waals surface area (Å²) < 4.78 is 16.5. The van der Waals surface area contributed by atoms with Crippen LogP contribution < -0.4 is 5.73 Å². The normalized spacial score (nSPS) is 11.2. The molecule has 0 bridgehead atoms. The molecule has 4 nitrogen and oxygen atoms in total. The van der Waals surface area contributed by atoms with E-state index >= 15 is 0 Å². The summed E-state index contributed by atoms with van der Waals surface area (Å²) in [7, 11) is 0. The molecule has 1 aromatic carbocycles. The van der Waals surface area contributed by atoms with Crippen molar-refractivity contribution in [1.29, 1.82) is 0 Å². The summed E-state index contributed by atoms with van der Waals surface area (Å²) in [4.78, 5) is 0. The number of benzene rings is 1. The van der Waals surface area contributed by atoms with Crippen LogP contribution in [0.3, 0.4) is 0 Å². The van der Waals surface area contributed by atoms with Gasteiger partial charge in [0.1, 0.15) is 18.0 Å². The van der Waals surface area contributed by atoms with E-state index in [1.165, 1.54) is 0 Å². The molecule has 0 aliphatic carbocycles. The van der Waals surface area contributed by atoms with Crippen molar-refractivity contribution in [3.63, 3.8) is 0 Å². The molecule has 0 atom stereocenters. The summed E-state index contributed by atoms with van der Waals surface area (Å²) in [6, 6.07) is 7.89. The number of para-hydroxylation sites is 1. The molecular formula is C14H19NO3. The monoisotopic (exact) mass is 249 g/mol. The van der Waals surface area contributed by atoms with Crippen LogP contribution >= 0.6 is 0 Å². The number of fused-ring (bicyclic) bond motifs is 1. The van der Waals surface area contributed by atoms with Gasteiger partial charge >= 0.3 is 0 Å². The lowest BCUT2D eigenvalue weighted by Gasteiger charge is -2.03. The molecule has 1 heterocycles. The predicted octanol–water partition coefficient (Wildman–Crippen LogP) is 2.44. The molecular weight excluding hydrogens is 230 g/mol. The zero-order chi connectivity index (χ0) is 12.8. The first kappa shape index (κ1) is 13.1. The number of nitrogens with two attached hydrogens (primary N) is 1. The van der Waals surface area contributed by atoms with Crippen LogP contribution in [0.5, 0.6) is 0 Å². The largest absolute Gasteiger partial charge is 0.458 e. The maximum absolute atomic E-state index is 5.77. The molecule has 0 aliphatic rings. The Morgan fingerprint density at radius 1 is 1.17 bits per heavy atom. The number of hydrogen-bond acceptors (Lipinski definition) is 4. The minimum Gasteiger partial charge on any atom is -0.458 e. The Morgan fingerprint density at radius 2 is 1.94 bits per heavy atom. The molecule has 0 saturated heterocycles. The Hall–Kier alpha value is -1.36. The lowest BCUT2D eigenvalue weighted by molar-refractivity contribution is 0.0392. The van der Waals surface area contributed by atoms with E-state index < -0.39 is 0 Å². The molecule has 0 unspecified atom stereocenters. The molecule has 0 fully saturated rings. The van der Waals surface area contributed by atoms with Crippen molar-refractivity contribution in [2.45, 2.75) is 20.1 Å². The van der Waals surface area contributed by atoms with Crippen LogP contribution in [-0.2, 0) is 22.6 Å². The van der Waals surface area contributed by atoms with Gasteiger partial charge in [-0.3, -0.25) is 0 Å². The molecule has 2 aromatic rings. The van der Waals surface area contributed by atoms with Crippen molar-refractivity contribution >= 4 is 11.0 Å². The maximum atomic E-state index is 5.77. The number of ether oxygens (including phenoxy) is 2. The van der Waals surface area contributed by atoms with Gasteiger partial charge in [0.15, 0.2) is 0 Å². The van der Waals surface area contributed by atoms with E-state index in [0.29, 0.717) is 33.0 Å². The standard InChI is InChI=1S/C14H19NO3/c1-2-16-7-8-17-10-14-12(9-15)11-5-3-4-6-13(11)18-14/h3-6H,2,7-10,15H2,1H3. The Balaban J connectivity index is 2.03. The van der Waals surface area contributed by atoms with E-state index in [1.54, 1.807) is 0 Å². The highest BCUT2D eigenvalue weighted by atomic mass is 16.5. The highest BCUT2D eigenvalue weighted by molar-refractivity contribution is 5.82. The molecule has 18 heavy (non-hydrogen) atoms. The first-order valence-corrected chi connectivity index (χ1v) is 6.21. The zero-order valence-electron chi connectivity index (χ0n) is 10.6. The molecule has 1 aromatic heterocycles. The second-order valence-electron chi connectivity index (χ2n) is 3.95. The molecule has 4 heteroatoms. The minimum absolute atomic E-state index is 0.439. The van der Waals surface area contributed by atoms with E-state index in [0.717, 1.165) is 22.3 Å². The second-order valence-corrected chi connectivity index (χ2v) is 3.95. The van der Waals surface area contributed by atoms with Crippen molar-refractivity contribution < 1.29 is 13.9 Å². The summed E-state index contributed by atoms with van der Waals surface area (Å²) in [5.74, 6) is 0.815. The first-order valence-electron chi connectivity index (χ1n) is 6.21.